The maximum Gasteiger partial charge on any atom is 0.374 e. The number of hydrogen-bond acceptors (Lipinski definition) is 11. The van der Waals surface area contributed by atoms with E-state index in [1.807, 2.05) is 6.07 Å². The highest BCUT2D eigenvalue weighted by atomic mass is 35.7. The summed E-state index contributed by atoms with van der Waals surface area (Å²) in [6, 6.07) is 7.58. The fraction of sp³-hybridized carbons (Fsp3) is 0.136. The van der Waals surface area contributed by atoms with Crippen molar-refractivity contribution < 1.29 is 36.7 Å². The van der Waals surface area contributed by atoms with E-state index < -0.39 is 20.1 Å². The van der Waals surface area contributed by atoms with Gasteiger partial charge in [0.15, 0.2) is 12.3 Å². The molecule has 4 aromatic rings. The van der Waals surface area contributed by atoms with Gasteiger partial charge >= 0.3 is 5.97 Å². The van der Waals surface area contributed by atoms with Crippen molar-refractivity contribution in [3.05, 3.63) is 59.9 Å². The number of nitrogens with one attached hydrogen (secondary N) is 3. The number of fused-ring (bicyclic) bond motifs is 2. The highest BCUT2D eigenvalue weighted by molar-refractivity contribution is 8.13. The van der Waals surface area contributed by atoms with Crippen LogP contribution in [-0.2, 0) is 25.1 Å². The predicted molar refractivity (Wildman–Crippen MR) is 140 cm³/mol. The number of hydrogen-bond donors (Lipinski definition) is 4. The van der Waals surface area contributed by atoms with E-state index in [1.54, 1.807) is 18.3 Å². The van der Waals surface area contributed by atoms with Crippen LogP contribution in [0.1, 0.15) is 26.6 Å². The fourth-order valence-corrected chi connectivity index (χ4v) is 3.97. The number of carbonyl (C=O) groups is 3. The van der Waals surface area contributed by atoms with E-state index >= 15 is 0 Å². The van der Waals surface area contributed by atoms with Crippen LogP contribution >= 0.6 is 23.1 Å². The second-order valence-corrected chi connectivity index (χ2v) is 10.1. The number of esters is 1. The van der Waals surface area contributed by atoms with Gasteiger partial charge in [0.25, 0.3) is 20.9 Å². The number of rotatable bonds is 5. The summed E-state index contributed by atoms with van der Waals surface area (Å²) in [4.78, 5) is 45.6. The standard InChI is InChI=1S/C16H14N6O3.C6H5ClO5S.ClH/c17-9-5-18-14-13(9)20-7-21-15(14)16(24)19-4-8-1-2-11-10(3-8)22-12(23)6-25-11;1-11-6(8)4-2-3-5(12-4)13(7,9)10;/h1-3,5,7,18H,4,6,17H2,(H,19,24)(H,22,23);2-3H,1H3;1H. The van der Waals surface area contributed by atoms with Gasteiger partial charge in [0, 0.05) is 23.4 Å². The molecule has 3 aromatic heterocycles. The molecule has 0 spiro atoms. The molecule has 17 heteroatoms. The van der Waals surface area contributed by atoms with Gasteiger partial charge in [0.05, 0.1) is 24.0 Å². The average Bonchev–Trinajstić information content (AvgIpc) is 3.55. The van der Waals surface area contributed by atoms with Gasteiger partial charge in [-0.2, -0.15) is 0 Å². The molecular weight excluding hydrogens is 579 g/mol. The predicted octanol–water partition coefficient (Wildman–Crippen LogP) is 2.22. The molecule has 0 saturated carbocycles. The third kappa shape index (κ3) is 6.76. The van der Waals surface area contributed by atoms with Crippen molar-refractivity contribution in [1.29, 1.82) is 0 Å². The first-order chi connectivity index (χ1) is 18.1. The van der Waals surface area contributed by atoms with Crippen LogP contribution in [0.5, 0.6) is 5.75 Å². The van der Waals surface area contributed by atoms with Gasteiger partial charge in [-0.3, -0.25) is 9.59 Å². The summed E-state index contributed by atoms with van der Waals surface area (Å²) in [5, 5.41) is 5.04. The normalized spacial score (nSPS) is 12.1. The number of nitrogens with two attached hydrogens (primary N) is 1. The second-order valence-electron chi connectivity index (χ2n) is 7.59. The Balaban J connectivity index is 0.000000256. The molecule has 14 nitrogen and oxygen atoms in total. The monoisotopic (exact) mass is 598 g/mol. The lowest BCUT2D eigenvalue weighted by atomic mass is 10.1. The highest BCUT2D eigenvalue weighted by Gasteiger charge is 2.19. The molecule has 39 heavy (non-hydrogen) atoms. The van der Waals surface area contributed by atoms with Gasteiger partial charge in [0.1, 0.15) is 17.6 Å². The summed E-state index contributed by atoms with van der Waals surface area (Å²) in [7, 11) is 2.17. The Hall–Kier alpha value is -4.34. The number of nitrogens with zero attached hydrogens (tertiary/aromatic N) is 2. The largest absolute Gasteiger partial charge is 0.482 e. The SMILES string of the molecule is COC(=O)c1ccc(S(=O)(=O)Cl)o1.Cl.Nc1c[nH]c2c(C(=O)NCc3ccc4c(c3)NC(=O)CO4)ncnc12. The Labute approximate surface area is 231 Å². The van der Waals surface area contributed by atoms with Crippen LogP contribution in [-0.4, -0.2) is 54.9 Å². The van der Waals surface area contributed by atoms with Crippen molar-refractivity contribution in [3.63, 3.8) is 0 Å². The zero-order chi connectivity index (χ0) is 27.4. The first kappa shape index (κ1) is 29.2. The van der Waals surface area contributed by atoms with Crippen LogP contribution in [0.25, 0.3) is 11.0 Å². The number of aromatic nitrogens is 3. The molecule has 1 aliphatic heterocycles. The summed E-state index contributed by atoms with van der Waals surface area (Å²) >= 11 is 0. The number of amides is 2. The van der Waals surface area contributed by atoms with Gasteiger partial charge in [-0.25, -0.2) is 23.2 Å². The van der Waals surface area contributed by atoms with Crippen molar-refractivity contribution in [2.75, 3.05) is 24.8 Å². The van der Waals surface area contributed by atoms with E-state index in [9.17, 15) is 22.8 Å². The smallest absolute Gasteiger partial charge is 0.374 e. The van der Waals surface area contributed by atoms with E-state index in [2.05, 4.69) is 34.7 Å². The van der Waals surface area contributed by atoms with E-state index in [1.165, 1.54) is 12.4 Å². The van der Waals surface area contributed by atoms with Gasteiger partial charge in [-0.1, -0.05) is 6.07 Å². The second kappa shape index (κ2) is 12.0. The van der Waals surface area contributed by atoms with Gasteiger partial charge in [0.2, 0.25) is 10.9 Å². The number of ether oxygens (including phenoxy) is 2. The third-order valence-corrected chi connectivity index (χ3v) is 6.20. The molecule has 0 bridgehead atoms. The van der Waals surface area contributed by atoms with Crippen molar-refractivity contribution in [2.24, 2.45) is 0 Å². The molecular formula is C22H20Cl2N6O8S. The summed E-state index contributed by atoms with van der Waals surface area (Å²) in [5.74, 6) is -0.920. The first-order valence-electron chi connectivity index (χ1n) is 10.6. The van der Waals surface area contributed by atoms with Crippen LogP contribution < -0.4 is 21.1 Å². The molecule has 1 aliphatic rings. The molecule has 5 N–H and O–H groups in total. The number of methoxy groups -OCH3 is 1. The molecule has 2 amide bonds. The van der Waals surface area contributed by atoms with Crippen LogP contribution in [0.15, 0.2) is 52.4 Å². The topological polar surface area (TPSA) is 209 Å². The van der Waals surface area contributed by atoms with Crippen molar-refractivity contribution in [3.8, 4) is 5.75 Å². The van der Waals surface area contributed by atoms with Crippen LogP contribution in [0.4, 0.5) is 11.4 Å². The molecule has 0 aliphatic carbocycles. The molecule has 0 saturated heterocycles. The number of furan rings is 1. The molecule has 206 valence electrons. The number of carbonyl (C=O) groups excluding carboxylic acids is 3. The minimum absolute atomic E-state index is 0. The number of benzene rings is 1. The van der Waals surface area contributed by atoms with Gasteiger partial charge < -0.3 is 35.2 Å². The minimum Gasteiger partial charge on any atom is -0.482 e. The minimum atomic E-state index is -3.93. The molecule has 0 unspecified atom stereocenters. The fourth-order valence-electron chi connectivity index (χ4n) is 3.30. The van der Waals surface area contributed by atoms with Gasteiger partial charge in [-0.05, 0) is 29.8 Å². The van der Waals surface area contributed by atoms with Crippen molar-refractivity contribution >= 4 is 72.3 Å². The highest BCUT2D eigenvalue weighted by Crippen LogP contribution is 2.28. The van der Waals surface area contributed by atoms with E-state index in [4.69, 9.17) is 21.2 Å². The van der Waals surface area contributed by atoms with Crippen LogP contribution in [0, 0.1) is 0 Å². The maximum atomic E-state index is 12.4. The third-order valence-electron chi connectivity index (χ3n) is 5.05. The molecule has 5 rings (SSSR count). The number of nitrogen functional groups attached to an aromatic ring is 1. The number of H-pyrrole nitrogens is 1. The Morgan fingerprint density at radius 3 is 2.69 bits per heavy atom. The summed E-state index contributed by atoms with van der Waals surface area (Å²) < 4.78 is 35.6. The van der Waals surface area contributed by atoms with E-state index in [0.29, 0.717) is 28.2 Å². The first-order valence-corrected chi connectivity index (χ1v) is 12.9. The molecule has 0 radical (unpaired) electrons. The lowest BCUT2D eigenvalue weighted by Crippen LogP contribution is -2.26. The lowest BCUT2D eigenvalue weighted by molar-refractivity contribution is -0.118. The number of halogens is 2. The van der Waals surface area contributed by atoms with Crippen LogP contribution in [0.3, 0.4) is 0 Å². The van der Waals surface area contributed by atoms with Gasteiger partial charge in [-0.15, -0.1) is 12.4 Å². The van der Waals surface area contributed by atoms with E-state index in [0.717, 1.165) is 18.7 Å². The lowest BCUT2D eigenvalue weighted by Gasteiger charge is -2.18. The maximum absolute atomic E-state index is 12.4. The summed E-state index contributed by atoms with van der Waals surface area (Å²) in [6.07, 6.45) is 2.87. The zero-order valence-electron chi connectivity index (χ0n) is 19.9. The van der Waals surface area contributed by atoms with Crippen molar-refractivity contribution in [1.82, 2.24) is 20.3 Å². The zero-order valence-corrected chi connectivity index (χ0v) is 22.3. The Kier molecular flexibility index (Phi) is 9.00. The number of aromatic amines is 1. The summed E-state index contributed by atoms with van der Waals surface area (Å²) in [5.41, 5.74) is 8.86. The molecule has 0 atom stereocenters. The molecule has 4 heterocycles. The Bertz CT molecular complexity index is 1650. The summed E-state index contributed by atoms with van der Waals surface area (Å²) in [6.45, 7) is 0.274. The molecule has 1 aromatic carbocycles. The average molecular weight is 599 g/mol. The van der Waals surface area contributed by atoms with E-state index in [-0.39, 0.29) is 48.8 Å². The molecule has 0 fully saturated rings. The quantitative estimate of drug-likeness (QED) is 0.193. The van der Waals surface area contributed by atoms with Crippen LogP contribution in [0.2, 0.25) is 0 Å². The Morgan fingerprint density at radius 2 is 2.00 bits per heavy atom. The number of anilines is 2. The Morgan fingerprint density at radius 1 is 1.23 bits per heavy atom. The van der Waals surface area contributed by atoms with Crippen molar-refractivity contribution in [2.45, 2.75) is 11.6 Å².